The molecule has 0 bridgehead atoms. The summed E-state index contributed by atoms with van der Waals surface area (Å²) >= 11 is 11.4. The van der Waals surface area contributed by atoms with Crippen LogP contribution < -0.4 is 10.5 Å². The molecule has 0 saturated heterocycles. The number of halogens is 2. The summed E-state index contributed by atoms with van der Waals surface area (Å²) in [5, 5.41) is 2.65. The Morgan fingerprint density at radius 1 is 1.42 bits per heavy atom. The molecular weight excluding hydrogens is 346 g/mol. The number of rotatable bonds is 5. The van der Waals surface area contributed by atoms with Crippen molar-refractivity contribution >= 4 is 38.9 Å². The Bertz CT molecular complexity index is 556. The molecule has 102 valence electrons. The average Bonchev–Trinajstić information content (AvgIpc) is 2.73. The van der Waals surface area contributed by atoms with Crippen LogP contribution in [0.1, 0.15) is 17.4 Å². The Morgan fingerprint density at radius 2 is 2.21 bits per heavy atom. The zero-order valence-electron chi connectivity index (χ0n) is 10.5. The van der Waals surface area contributed by atoms with Gasteiger partial charge in [0.05, 0.1) is 9.90 Å². The summed E-state index contributed by atoms with van der Waals surface area (Å²) in [6.07, 6.45) is 0.816. The molecule has 2 N–H and O–H groups in total. The number of benzene rings is 1. The quantitative estimate of drug-likeness (QED) is 0.843. The first-order valence-corrected chi connectivity index (χ1v) is 8.00. The number of ether oxygens (including phenoxy) is 1. The Morgan fingerprint density at radius 3 is 2.79 bits per heavy atom. The van der Waals surface area contributed by atoms with E-state index in [0.717, 1.165) is 21.3 Å². The summed E-state index contributed by atoms with van der Waals surface area (Å²) < 4.78 is 6.81. The van der Waals surface area contributed by atoms with Crippen molar-refractivity contribution in [3.05, 3.63) is 49.6 Å². The van der Waals surface area contributed by atoms with E-state index in [0.29, 0.717) is 17.4 Å². The number of nitrogens with two attached hydrogens (primary N) is 1. The van der Waals surface area contributed by atoms with E-state index < -0.39 is 0 Å². The molecule has 1 atom stereocenters. The lowest BCUT2D eigenvalue weighted by Crippen LogP contribution is -2.17. The average molecular weight is 361 g/mol. The molecule has 0 aliphatic heterocycles. The fraction of sp³-hybridized carbons (Fsp3) is 0.286. The molecule has 1 aromatic heterocycles. The number of thiophene rings is 1. The minimum atomic E-state index is 0.130. The largest absolute Gasteiger partial charge is 0.486 e. The van der Waals surface area contributed by atoms with Crippen molar-refractivity contribution in [1.82, 2.24) is 0 Å². The summed E-state index contributed by atoms with van der Waals surface area (Å²) in [4.78, 5) is 1.15. The topological polar surface area (TPSA) is 35.2 Å². The molecule has 1 unspecified atom stereocenters. The zero-order chi connectivity index (χ0) is 13.8. The van der Waals surface area contributed by atoms with E-state index >= 15 is 0 Å². The second-order valence-electron chi connectivity index (χ2n) is 4.43. The van der Waals surface area contributed by atoms with Crippen LogP contribution in [-0.4, -0.2) is 6.04 Å². The maximum Gasteiger partial charge on any atom is 0.138 e. The first kappa shape index (κ1) is 14.9. The first-order valence-electron chi connectivity index (χ1n) is 5.95. The second-order valence-corrected chi connectivity index (χ2v) is 6.69. The lowest BCUT2D eigenvalue weighted by atomic mass is 10.1. The van der Waals surface area contributed by atoms with E-state index in [4.69, 9.17) is 22.1 Å². The highest BCUT2D eigenvalue weighted by Gasteiger charge is 2.07. The van der Waals surface area contributed by atoms with E-state index in [1.54, 1.807) is 11.3 Å². The summed E-state index contributed by atoms with van der Waals surface area (Å²) in [6.45, 7) is 2.50. The van der Waals surface area contributed by atoms with Gasteiger partial charge in [0.1, 0.15) is 12.4 Å². The summed E-state index contributed by atoms with van der Waals surface area (Å²) in [6, 6.07) is 7.97. The fourth-order valence-corrected chi connectivity index (χ4v) is 3.37. The van der Waals surface area contributed by atoms with Crippen LogP contribution in [0.25, 0.3) is 0 Å². The van der Waals surface area contributed by atoms with Crippen LogP contribution in [0.15, 0.2) is 34.1 Å². The third-order valence-corrected chi connectivity index (χ3v) is 4.80. The van der Waals surface area contributed by atoms with Gasteiger partial charge in [-0.15, -0.1) is 11.3 Å². The van der Waals surface area contributed by atoms with Crippen LogP contribution in [-0.2, 0) is 13.0 Å². The van der Waals surface area contributed by atoms with Crippen molar-refractivity contribution < 1.29 is 4.74 Å². The van der Waals surface area contributed by atoms with Crippen LogP contribution in [0.4, 0.5) is 0 Å². The molecule has 19 heavy (non-hydrogen) atoms. The molecular formula is C14H15BrClNOS. The predicted octanol–water partition coefficient (Wildman–Crippen LogP) is 4.63. The maximum absolute atomic E-state index is 6.22. The summed E-state index contributed by atoms with van der Waals surface area (Å²) in [5.41, 5.74) is 6.90. The van der Waals surface area contributed by atoms with E-state index in [1.807, 2.05) is 36.6 Å². The Kier molecular flexibility index (Phi) is 5.28. The van der Waals surface area contributed by atoms with Crippen molar-refractivity contribution in [1.29, 1.82) is 0 Å². The molecule has 2 rings (SSSR count). The second kappa shape index (κ2) is 6.75. The normalized spacial score (nSPS) is 12.4. The standard InChI is InChI=1S/C14H15BrClNOS/c1-9(17)6-10-2-3-13(12(16)7-10)18-8-14-11(15)4-5-19-14/h2-5,7,9H,6,8,17H2,1H3. The van der Waals surface area contributed by atoms with Gasteiger partial charge in [-0.1, -0.05) is 17.7 Å². The first-order chi connectivity index (χ1) is 9.06. The van der Waals surface area contributed by atoms with Gasteiger partial charge in [-0.05, 0) is 58.4 Å². The molecule has 2 nitrogen and oxygen atoms in total. The molecule has 0 aliphatic rings. The molecule has 0 aliphatic carbocycles. The number of hydrogen-bond donors (Lipinski definition) is 1. The Labute approximate surface area is 130 Å². The highest BCUT2D eigenvalue weighted by molar-refractivity contribution is 9.10. The van der Waals surface area contributed by atoms with E-state index in [-0.39, 0.29) is 6.04 Å². The molecule has 0 saturated carbocycles. The van der Waals surface area contributed by atoms with Crippen LogP contribution in [0.5, 0.6) is 5.75 Å². The Balaban J connectivity index is 2.03. The van der Waals surface area contributed by atoms with E-state index in [1.165, 1.54) is 0 Å². The van der Waals surface area contributed by atoms with Crippen molar-refractivity contribution in [3.63, 3.8) is 0 Å². The van der Waals surface area contributed by atoms with Gasteiger partial charge in [-0.25, -0.2) is 0 Å². The number of hydrogen-bond acceptors (Lipinski definition) is 3. The van der Waals surface area contributed by atoms with Crippen LogP contribution in [0.2, 0.25) is 5.02 Å². The van der Waals surface area contributed by atoms with Crippen LogP contribution >= 0.6 is 38.9 Å². The fourth-order valence-electron chi connectivity index (χ4n) is 1.73. The molecule has 0 amide bonds. The minimum Gasteiger partial charge on any atom is -0.486 e. The van der Waals surface area contributed by atoms with Crippen LogP contribution in [0, 0.1) is 0 Å². The van der Waals surface area contributed by atoms with E-state index in [2.05, 4.69) is 15.9 Å². The van der Waals surface area contributed by atoms with Crippen molar-refractivity contribution in [2.45, 2.75) is 26.0 Å². The Hall–Kier alpha value is -0.550. The summed E-state index contributed by atoms with van der Waals surface area (Å²) in [5.74, 6) is 0.704. The third kappa shape index (κ3) is 4.21. The third-order valence-electron chi connectivity index (χ3n) is 2.60. The predicted molar refractivity (Wildman–Crippen MR) is 85.2 cm³/mol. The lowest BCUT2D eigenvalue weighted by Gasteiger charge is -2.10. The van der Waals surface area contributed by atoms with E-state index in [9.17, 15) is 0 Å². The van der Waals surface area contributed by atoms with Crippen molar-refractivity contribution in [2.24, 2.45) is 5.73 Å². The molecule has 0 spiro atoms. The SMILES string of the molecule is CC(N)Cc1ccc(OCc2sccc2Br)c(Cl)c1. The lowest BCUT2D eigenvalue weighted by molar-refractivity contribution is 0.309. The van der Waals surface area contributed by atoms with Gasteiger partial charge in [0.25, 0.3) is 0 Å². The van der Waals surface area contributed by atoms with Gasteiger partial charge in [0.15, 0.2) is 0 Å². The molecule has 1 aromatic carbocycles. The van der Waals surface area contributed by atoms with Gasteiger partial charge >= 0.3 is 0 Å². The maximum atomic E-state index is 6.22. The van der Waals surface area contributed by atoms with Gasteiger partial charge in [0.2, 0.25) is 0 Å². The highest BCUT2D eigenvalue weighted by atomic mass is 79.9. The van der Waals surface area contributed by atoms with Gasteiger partial charge in [-0.3, -0.25) is 0 Å². The highest BCUT2D eigenvalue weighted by Crippen LogP contribution is 2.29. The molecule has 1 heterocycles. The zero-order valence-corrected chi connectivity index (χ0v) is 13.7. The molecule has 5 heteroatoms. The van der Waals surface area contributed by atoms with Gasteiger partial charge < -0.3 is 10.5 Å². The van der Waals surface area contributed by atoms with Crippen LogP contribution in [0.3, 0.4) is 0 Å². The molecule has 0 radical (unpaired) electrons. The van der Waals surface area contributed by atoms with Gasteiger partial charge in [-0.2, -0.15) is 0 Å². The smallest absolute Gasteiger partial charge is 0.138 e. The molecule has 2 aromatic rings. The van der Waals surface area contributed by atoms with Gasteiger partial charge in [0, 0.05) is 10.5 Å². The van der Waals surface area contributed by atoms with Crippen molar-refractivity contribution in [3.8, 4) is 5.75 Å². The minimum absolute atomic E-state index is 0.130. The summed E-state index contributed by atoms with van der Waals surface area (Å²) in [7, 11) is 0. The monoisotopic (exact) mass is 359 g/mol. The van der Waals surface area contributed by atoms with Crippen molar-refractivity contribution in [2.75, 3.05) is 0 Å². The molecule has 0 fully saturated rings.